The van der Waals surface area contributed by atoms with Crippen molar-refractivity contribution >= 4 is 23.3 Å². The lowest BCUT2D eigenvalue weighted by Gasteiger charge is -2.30. The molecular formula is C20H20N2O3. The van der Waals surface area contributed by atoms with Crippen LogP contribution in [0.4, 0.5) is 5.69 Å². The first-order chi connectivity index (χ1) is 12.0. The van der Waals surface area contributed by atoms with Gasteiger partial charge in [-0.3, -0.25) is 14.4 Å². The first-order valence-electron chi connectivity index (χ1n) is 8.25. The SMILES string of the molecule is CC(=O)Nc1cccc2c1CCN(C(=O)c1ccccc1C(C)=O)C2. The second-order valence-electron chi connectivity index (χ2n) is 6.20. The number of hydrogen-bond acceptors (Lipinski definition) is 3. The number of benzene rings is 2. The lowest BCUT2D eigenvalue weighted by atomic mass is 9.96. The van der Waals surface area contributed by atoms with E-state index in [-0.39, 0.29) is 17.6 Å². The van der Waals surface area contributed by atoms with Crippen LogP contribution in [0.1, 0.15) is 45.7 Å². The van der Waals surface area contributed by atoms with E-state index in [0.717, 1.165) is 16.8 Å². The quantitative estimate of drug-likeness (QED) is 0.876. The summed E-state index contributed by atoms with van der Waals surface area (Å²) in [5.74, 6) is -0.363. The number of fused-ring (bicyclic) bond motifs is 1. The summed E-state index contributed by atoms with van der Waals surface area (Å²) < 4.78 is 0. The maximum absolute atomic E-state index is 12.9. The number of nitrogens with zero attached hydrogens (tertiary/aromatic N) is 1. The Labute approximate surface area is 146 Å². The van der Waals surface area contributed by atoms with Gasteiger partial charge in [0.15, 0.2) is 5.78 Å². The van der Waals surface area contributed by atoms with E-state index in [0.29, 0.717) is 30.6 Å². The minimum atomic E-state index is -0.138. The molecule has 0 saturated heterocycles. The van der Waals surface area contributed by atoms with Crippen molar-refractivity contribution in [3.05, 3.63) is 64.7 Å². The van der Waals surface area contributed by atoms with Gasteiger partial charge >= 0.3 is 0 Å². The fourth-order valence-electron chi connectivity index (χ4n) is 3.24. The smallest absolute Gasteiger partial charge is 0.254 e. The Bertz CT molecular complexity index is 858. The van der Waals surface area contributed by atoms with E-state index < -0.39 is 0 Å². The summed E-state index contributed by atoms with van der Waals surface area (Å²) in [7, 11) is 0. The topological polar surface area (TPSA) is 66.5 Å². The Kier molecular flexibility index (Phi) is 4.65. The van der Waals surface area contributed by atoms with Gasteiger partial charge in [-0.2, -0.15) is 0 Å². The molecule has 0 bridgehead atoms. The number of amides is 2. The summed E-state index contributed by atoms with van der Waals surface area (Å²) in [6, 6.07) is 12.6. The summed E-state index contributed by atoms with van der Waals surface area (Å²) in [6.07, 6.45) is 0.666. The first kappa shape index (κ1) is 16.9. The zero-order valence-corrected chi connectivity index (χ0v) is 14.3. The van der Waals surface area contributed by atoms with E-state index in [9.17, 15) is 14.4 Å². The van der Waals surface area contributed by atoms with E-state index in [4.69, 9.17) is 0 Å². The van der Waals surface area contributed by atoms with E-state index in [1.54, 1.807) is 29.2 Å². The molecular weight excluding hydrogens is 316 g/mol. The van der Waals surface area contributed by atoms with Crippen LogP contribution in [0.15, 0.2) is 42.5 Å². The normalized spacial score (nSPS) is 13.1. The molecule has 3 rings (SSSR count). The average molecular weight is 336 g/mol. The third-order valence-electron chi connectivity index (χ3n) is 4.40. The Balaban J connectivity index is 1.87. The molecule has 0 spiro atoms. The highest BCUT2D eigenvalue weighted by atomic mass is 16.2. The van der Waals surface area contributed by atoms with Crippen LogP contribution in [0.3, 0.4) is 0 Å². The van der Waals surface area contributed by atoms with Crippen LogP contribution in [0.2, 0.25) is 0 Å². The van der Waals surface area contributed by atoms with Gasteiger partial charge in [0.25, 0.3) is 5.91 Å². The molecule has 0 radical (unpaired) electrons. The molecule has 0 aromatic heterocycles. The Morgan fingerprint density at radius 2 is 1.68 bits per heavy atom. The minimum Gasteiger partial charge on any atom is -0.334 e. The molecule has 1 N–H and O–H groups in total. The van der Waals surface area contributed by atoms with Gasteiger partial charge in [-0.25, -0.2) is 0 Å². The van der Waals surface area contributed by atoms with Gasteiger partial charge in [-0.15, -0.1) is 0 Å². The maximum Gasteiger partial charge on any atom is 0.254 e. The van der Waals surface area contributed by atoms with Crippen molar-refractivity contribution in [1.29, 1.82) is 0 Å². The van der Waals surface area contributed by atoms with Crippen LogP contribution in [-0.4, -0.2) is 29.0 Å². The van der Waals surface area contributed by atoms with Gasteiger partial charge in [0, 0.05) is 31.3 Å². The van der Waals surface area contributed by atoms with Crippen molar-refractivity contribution in [2.75, 3.05) is 11.9 Å². The lowest BCUT2D eigenvalue weighted by Crippen LogP contribution is -2.37. The van der Waals surface area contributed by atoms with Gasteiger partial charge in [0.05, 0.1) is 5.56 Å². The molecule has 5 nitrogen and oxygen atoms in total. The molecule has 0 unspecified atom stereocenters. The van der Waals surface area contributed by atoms with Gasteiger partial charge in [-0.1, -0.05) is 30.3 Å². The third-order valence-corrected chi connectivity index (χ3v) is 4.40. The second-order valence-corrected chi connectivity index (χ2v) is 6.20. The zero-order chi connectivity index (χ0) is 18.0. The molecule has 0 saturated carbocycles. The Morgan fingerprint density at radius 1 is 0.960 bits per heavy atom. The van der Waals surface area contributed by atoms with Crippen molar-refractivity contribution in [3.63, 3.8) is 0 Å². The van der Waals surface area contributed by atoms with Gasteiger partial charge in [0.2, 0.25) is 5.91 Å². The number of nitrogens with one attached hydrogen (secondary N) is 1. The zero-order valence-electron chi connectivity index (χ0n) is 14.3. The van der Waals surface area contributed by atoms with Crippen LogP contribution in [0.25, 0.3) is 0 Å². The molecule has 0 fully saturated rings. The standard InChI is InChI=1S/C20H20N2O3/c1-13(23)16-7-3-4-8-18(16)20(25)22-11-10-17-15(12-22)6-5-9-19(17)21-14(2)24/h3-9H,10-12H2,1-2H3,(H,21,24). The molecule has 2 aromatic rings. The highest BCUT2D eigenvalue weighted by Gasteiger charge is 2.25. The number of carbonyl (C=O) groups is 3. The molecule has 128 valence electrons. The predicted molar refractivity (Wildman–Crippen MR) is 95.6 cm³/mol. The first-order valence-corrected chi connectivity index (χ1v) is 8.25. The monoisotopic (exact) mass is 336 g/mol. The molecule has 2 amide bonds. The van der Waals surface area contributed by atoms with Gasteiger partial charge in [0.1, 0.15) is 0 Å². The van der Waals surface area contributed by atoms with Gasteiger partial charge in [-0.05, 0) is 36.6 Å². The summed E-state index contributed by atoms with van der Waals surface area (Å²) in [5, 5.41) is 2.85. The lowest BCUT2D eigenvalue weighted by molar-refractivity contribution is -0.114. The summed E-state index contributed by atoms with van der Waals surface area (Å²) in [5.41, 5.74) is 3.79. The fraction of sp³-hybridized carbons (Fsp3) is 0.250. The number of ketones is 1. The molecule has 1 aliphatic rings. The fourth-order valence-corrected chi connectivity index (χ4v) is 3.24. The van der Waals surface area contributed by atoms with Crippen molar-refractivity contribution in [2.24, 2.45) is 0 Å². The second kappa shape index (κ2) is 6.89. The highest BCUT2D eigenvalue weighted by molar-refractivity contribution is 6.07. The summed E-state index contributed by atoms with van der Waals surface area (Å²) >= 11 is 0. The average Bonchev–Trinajstić information content (AvgIpc) is 2.60. The molecule has 25 heavy (non-hydrogen) atoms. The van der Waals surface area contributed by atoms with Gasteiger partial charge < -0.3 is 10.2 Å². The molecule has 1 aliphatic heterocycles. The number of carbonyl (C=O) groups excluding carboxylic acids is 3. The van der Waals surface area contributed by atoms with Crippen LogP contribution in [-0.2, 0) is 17.8 Å². The van der Waals surface area contributed by atoms with E-state index in [2.05, 4.69) is 5.32 Å². The third kappa shape index (κ3) is 3.45. The molecule has 5 heteroatoms. The minimum absolute atomic E-state index is 0.109. The molecule has 1 heterocycles. The Hall–Kier alpha value is -2.95. The molecule has 2 aromatic carbocycles. The van der Waals surface area contributed by atoms with Crippen LogP contribution in [0.5, 0.6) is 0 Å². The van der Waals surface area contributed by atoms with Crippen LogP contribution >= 0.6 is 0 Å². The number of rotatable bonds is 3. The summed E-state index contributed by atoms with van der Waals surface area (Å²) in [4.78, 5) is 37.8. The van der Waals surface area contributed by atoms with Crippen molar-refractivity contribution in [1.82, 2.24) is 4.90 Å². The van der Waals surface area contributed by atoms with Crippen molar-refractivity contribution in [3.8, 4) is 0 Å². The number of Topliss-reactive ketones (excluding diaryl/α,β-unsaturated/α-hetero) is 1. The Morgan fingerprint density at radius 3 is 2.36 bits per heavy atom. The van der Waals surface area contributed by atoms with E-state index in [1.807, 2.05) is 18.2 Å². The van der Waals surface area contributed by atoms with Crippen LogP contribution < -0.4 is 5.32 Å². The van der Waals surface area contributed by atoms with Crippen molar-refractivity contribution < 1.29 is 14.4 Å². The maximum atomic E-state index is 12.9. The highest BCUT2D eigenvalue weighted by Crippen LogP contribution is 2.27. The van der Waals surface area contributed by atoms with Crippen molar-refractivity contribution in [2.45, 2.75) is 26.8 Å². The van der Waals surface area contributed by atoms with E-state index >= 15 is 0 Å². The van der Waals surface area contributed by atoms with Crippen LogP contribution in [0, 0.1) is 0 Å². The molecule has 0 aliphatic carbocycles. The predicted octanol–water partition coefficient (Wildman–Crippen LogP) is 3.05. The largest absolute Gasteiger partial charge is 0.334 e. The number of hydrogen-bond donors (Lipinski definition) is 1. The summed E-state index contributed by atoms with van der Waals surface area (Å²) in [6.45, 7) is 3.97. The van der Waals surface area contributed by atoms with E-state index in [1.165, 1.54) is 13.8 Å². The number of anilines is 1. The molecule has 0 atom stereocenters.